The van der Waals surface area contributed by atoms with Crippen molar-refractivity contribution in [1.82, 2.24) is 10.2 Å². The van der Waals surface area contributed by atoms with Crippen LogP contribution in [0.3, 0.4) is 0 Å². The summed E-state index contributed by atoms with van der Waals surface area (Å²) in [5, 5.41) is 2.70. The lowest BCUT2D eigenvalue weighted by atomic mass is 9.94. The largest absolute Gasteiger partial charge is 0.452 e. The molecule has 0 heterocycles. The van der Waals surface area contributed by atoms with Gasteiger partial charge in [-0.2, -0.15) is 0 Å². The van der Waals surface area contributed by atoms with E-state index in [2.05, 4.69) is 5.32 Å². The molecule has 0 radical (unpaired) electrons. The Morgan fingerprint density at radius 3 is 2.35 bits per heavy atom. The van der Waals surface area contributed by atoms with Gasteiger partial charge in [-0.15, -0.1) is 0 Å². The van der Waals surface area contributed by atoms with E-state index in [0.717, 1.165) is 31.2 Å². The summed E-state index contributed by atoms with van der Waals surface area (Å²) in [4.78, 5) is 37.3. The van der Waals surface area contributed by atoms with Crippen LogP contribution in [-0.4, -0.2) is 41.9 Å². The van der Waals surface area contributed by atoms with E-state index < -0.39 is 5.97 Å². The number of hydrogen-bond donors (Lipinski definition) is 1. The predicted molar refractivity (Wildman–Crippen MR) is 98.5 cm³/mol. The zero-order valence-corrected chi connectivity index (χ0v) is 15.6. The van der Waals surface area contributed by atoms with Gasteiger partial charge in [-0.25, -0.2) is 4.79 Å². The Hall–Kier alpha value is -2.37. The molecule has 26 heavy (non-hydrogen) atoms. The zero-order chi connectivity index (χ0) is 18.9. The van der Waals surface area contributed by atoms with Crippen LogP contribution in [0.5, 0.6) is 0 Å². The topological polar surface area (TPSA) is 75.7 Å². The van der Waals surface area contributed by atoms with Crippen molar-refractivity contribution < 1.29 is 19.1 Å². The number of carbonyl (C=O) groups is 3. The standard InChI is InChI=1S/C20H28N2O4/c1-3-22(18-7-5-4-6-8-18)19(24)14-26-20(25)17-11-9-16(10-12-17)13-21-15(2)23/h9-12,18H,3-8,13-14H2,1-2H3,(H,21,23). The lowest BCUT2D eigenvalue weighted by Crippen LogP contribution is -2.43. The van der Waals surface area contributed by atoms with Crippen molar-refractivity contribution in [1.29, 1.82) is 0 Å². The lowest BCUT2D eigenvalue weighted by molar-refractivity contribution is -0.137. The first kappa shape index (κ1) is 19.9. The number of amides is 2. The highest BCUT2D eigenvalue weighted by Gasteiger charge is 2.24. The van der Waals surface area contributed by atoms with Crippen LogP contribution < -0.4 is 5.32 Å². The highest BCUT2D eigenvalue weighted by atomic mass is 16.5. The first-order valence-corrected chi connectivity index (χ1v) is 9.31. The van der Waals surface area contributed by atoms with E-state index in [0.29, 0.717) is 18.7 Å². The van der Waals surface area contributed by atoms with Crippen LogP contribution in [0.4, 0.5) is 0 Å². The number of ether oxygens (including phenoxy) is 1. The average Bonchev–Trinajstić information content (AvgIpc) is 2.66. The fourth-order valence-electron chi connectivity index (χ4n) is 3.31. The van der Waals surface area contributed by atoms with E-state index >= 15 is 0 Å². The van der Waals surface area contributed by atoms with Crippen LogP contribution in [-0.2, 0) is 20.9 Å². The molecule has 1 aliphatic carbocycles. The molecule has 0 saturated heterocycles. The van der Waals surface area contributed by atoms with Gasteiger partial charge in [-0.05, 0) is 37.5 Å². The molecule has 2 amide bonds. The van der Waals surface area contributed by atoms with Gasteiger partial charge >= 0.3 is 5.97 Å². The van der Waals surface area contributed by atoms with E-state index in [1.54, 1.807) is 24.3 Å². The van der Waals surface area contributed by atoms with Gasteiger partial charge in [0.15, 0.2) is 6.61 Å². The highest BCUT2D eigenvalue weighted by molar-refractivity contribution is 5.91. The molecule has 1 N–H and O–H groups in total. The zero-order valence-electron chi connectivity index (χ0n) is 15.6. The van der Waals surface area contributed by atoms with Crippen LogP contribution >= 0.6 is 0 Å². The Kier molecular flexibility index (Phi) is 7.63. The van der Waals surface area contributed by atoms with Gasteiger partial charge in [-0.1, -0.05) is 31.4 Å². The minimum absolute atomic E-state index is 0.106. The third kappa shape index (κ3) is 5.86. The van der Waals surface area contributed by atoms with Crippen LogP contribution in [0.15, 0.2) is 24.3 Å². The first-order chi connectivity index (χ1) is 12.5. The molecule has 1 fully saturated rings. The Bertz CT molecular complexity index is 621. The summed E-state index contributed by atoms with van der Waals surface area (Å²) in [6, 6.07) is 7.07. The van der Waals surface area contributed by atoms with Gasteiger partial charge in [0.05, 0.1) is 5.56 Å². The average molecular weight is 360 g/mol. The summed E-state index contributed by atoms with van der Waals surface area (Å²) in [7, 11) is 0. The number of hydrogen-bond acceptors (Lipinski definition) is 4. The molecule has 0 atom stereocenters. The number of esters is 1. The number of likely N-dealkylation sites (N-methyl/N-ethyl adjacent to an activating group) is 1. The molecule has 1 aromatic carbocycles. The summed E-state index contributed by atoms with van der Waals surface area (Å²) >= 11 is 0. The van der Waals surface area contributed by atoms with Crippen molar-refractivity contribution in [2.75, 3.05) is 13.2 Å². The van der Waals surface area contributed by atoms with Gasteiger partial charge in [0.2, 0.25) is 5.91 Å². The molecule has 1 saturated carbocycles. The molecule has 0 unspecified atom stereocenters. The smallest absolute Gasteiger partial charge is 0.338 e. The predicted octanol–water partition coefficient (Wildman–Crippen LogP) is 2.66. The van der Waals surface area contributed by atoms with E-state index in [1.807, 2.05) is 11.8 Å². The normalized spacial score (nSPS) is 14.5. The molecule has 0 bridgehead atoms. The number of rotatable bonds is 7. The molecule has 6 heteroatoms. The quantitative estimate of drug-likeness (QED) is 0.759. The SMILES string of the molecule is CCN(C(=O)COC(=O)c1ccc(CNC(C)=O)cc1)C1CCCCC1. The molecule has 0 aliphatic heterocycles. The molecule has 0 aromatic heterocycles. The summed E-state index contributed by atoms with van der Waals surface area (Å²) in [5.41, 5.74) is 1.28. The van der Waals surface area contributed by atoms with Crippen molar-refractivity contribution in [3.05, 3.63) is 35.4 Å². The van der Waals surface area contributed by atoms with E-state index in [1.165, 1.54) is 13.3 Å². The number of benzene rings is 1. The van der Waals surface area contributed by atoms with Gasteiger partial charge in [0, 0.05) is 26.1 Å². The maximum Gasteiger partial charge on any atom is 0.338 e. The Balaban J connectivity index is 1.84. The number of nitrogens with zero attached hydrogens (tertiary/aromatic N) is 1. The molecule has 0 spiro atoms. The summed E-state index contributed by atoms with van der Waals surface area (Å²) < 4.78 is 5.20. The second kappa shape index (κ2) is 9.94. The molecule has 6 nitrogen and oxygen atoms in total. The monoisotopic (exact) mass is 360 g/mol. The fourth-order valence-corrected chi connectivity index (χ4v) is 3.31. The third-order valence-corrected chi connectivity index (χ3v) is 4.73. The van der Waals surface area contributed by atoms with Gasteiger partial charge in [0.25, 0.3) is 5.91 Å². The van der Waals surface area contributed by atoms with E-state index in [9.17, 15) is 14.4 Å². The van der Waals surface area contributed by atoms with Crippen LogP contribution in [0.2, 0.25) is 0 Å². The maximum atomic E-state index is 12.4. The minimum atomic E-state index is -0.510. The van der Waals surface area contributed by atoms with E-state index in [4.69, 9.17) is 4.74 Å². The molecular formula is C20H28N2O4. The van der Waals surface area contributed by atoms with Gasteiger partial charge in [-0.3, -0.25) is 9.59 Å². The highest BCUT2D eigenvalue weighted by Crippen LogP contribution is 2.22. The van der Waals surface area contributed by atoms with Crippen LogP contribution in [0, 0.1) is 0 Å². The van der Waals surface area contributed by atoms with Crippen molar-refractivity contribution in [2.24, 2.45) is 0 Å². The third-order valence-electron chi connectivity index (χ3n) is 4.73. The summed E-state index contributed by atoms with van der Waals surface area (Å²) in [5.74, 6) is -0.746. The first-order valence-electron chi connectivity index (χ1n) is 9.31. The summed E-state index contributed by atoms with van der Waals surface area (Å²) in [6.45, 7) is 4.24. The van der Waals surface area contributed by atoms with Crippen molar-refractivity contribution in [3.8, 4) is 0 Å². The molecule has 2 rings (SSSR count). The number of nitrogens with one attached hydrogen (secondary N) is 1. The fraction of sp³-hybridized carbons (Fsp3) is 0.550. The molecule has 1 aromatic rings. The lowest BCUT2D eigenvalue weighted by Gasteiger charge is -2.33. The van der Waals surface area contributed by atoms with Crippen molar-refractivity contribution in [3.63, 3.8) is 0 Å². The molecule has 142 valence electrons. The van der Waals surface area contributed by atoms with Crippen molar-refractivity contribution in [2.45, 2.75) is 58.5 Å². The van der Waals surface area contributed by atoms with Gasteiger partial charge in [0.1, 0.15) is 0 Å². The molecule has 1 aliphatic rings. The Morgan fingerprint density at radius 1 is 1.12 bits per heavy atom. The molecular weight excluding hydrogens is 332 g/mol. The van der Waals surface area contributed by atoms with Crippen molar-refractivity contribution >= 4 is 17.8 Å². The van der Waals surface area contributed by atoms with Crippen LogP contribution in [0.1, 0.15) is 61.9 Å². The summed E-state index contributed by atoms with van der Waals surface area (Å²) in [6.07, 6.45) is 5.60. The second-order valence-corrected chi connectivity index (χ2v) is 6.65. The minimum Gasteiger partial charge on any atom is -0.452 e. The maximum absolute atomic E-state index is 12.4. The number of carbonyl (C=O) groups excluding carboxylic acids is 3. The van der Waals surface area contributed by atoms with Gasteiger partial charge < -0.3 is 15.0 Å². The van der Waals surface area contributed by atoms with E-state index in [-0.39, 0.29) is 24.5 Å². The Labute approximate surface area is 154 Å². The Morgan fingerprint density at radius 2 is 1.77 bits per heavy atom. The van der Waals surface area contributed by atoms with Crippen LogP contribution in [0.25, 0.3) is 0 Å². The second-order valence-electron chi connectivity index (χ2n) is 6.65.